The summed E-state index contributed by atoms with van der Waals surface area (Å²) in [5, 5.41) is 16.8. The van der Waals surface area contributed by atoms with Crippen molar-refractivity contribution in [3.8, 4) is 22.9 Å². The highest BCUT2D eigenvalue weighted by Gasteiger charge is 2.49. The molecule has 0 spiro atoms. The van der Waals surface area contributed by atoms with Crippen LogP contribution in [0.1, 0.15) is 50.5 Å². The Labute approximate surface area is 283 Å². The Hall–Kier alpha value is -3.31. The molecule has 5 aliphatic rings. The SMILES string of the molecule is Oc1cc(-c2c(COC3CC3)cc3c(N4CCC5CNC(C5)C4)nc(OC[C@@]45CCCN4C[C@H](F)C5)nc3c2F)c2c(Cl)cccc2c1. The van der Waals surface area contributed by atoms with Gasteiger partial charge in [-0.15, -0.1) is 0 Å². The van der Waals surface area contributed by atoms with E-state index in [1.165, 1.54) is 0 Å². The number of nitrogens with one attached hydrogen (secondary N) is 1. The first-order valence-electron chi connectivity index (χ1n) is 17.4. The summed E-state index contributed by atoms with van der Waals surface area (Å²) in [6.45, 7) is 4.27. The van der Waals surface area contributed by atoms with Crippen LogP contribution in [0.4, 0.5) is 14.6 Å². The minimum Gasteiger partial charge on any atom is -0.508 e. The minimum atomic E-state index is -0.887. The van der Waals surface area contributed by atoms with Crippen LogP contribution in [0.3, 0.4) is 0 Å². The quantitative estimate of drug-likeness (QED) is 0.212. The van der Waals surface area contributed by atoms with Crippen molar-refractivity contribution in [3.63, 3.8) is 0 Å². The highest BCUT2D eigenvalue weighted by molar-refractivity contribution is 6.36. The molecule has 3 aromatic carbocycles. The molecule has 4 aliphatic heterocycles. The van der Waals surface area contributed by atoms with Crippen molar-refractivity contribution in [1.82, 2.24) is 20.2 Å². The monoisotopic (exact) mass is 675 g/mol. The van der Waals surface area contributed by atoms with Gasteiger partial charge in [-0.3, -0.25) is 4.90 Å². The summed E-state index contributed by atoms with van der Waals surface area (Å²) >= 11 is 6.76. The lowest BCUT2D eigenvalue weighted by atomic mass is 9.92. The van der Waals surface area contributed by atoms with Crippen LogP contribution < -0.4 is 15.0 Å². The maximum absolute atomic E-state index is 17.5. The molecule has 11 heteroatoms. The molecule has 0 radical (unpaired) electrons. The number of fused-ring (bicyclic) bond motifs is 5. The van der Waals surface area contributed by atoms with Gasteiger partial charge in [0.15, 0.2) is 5.82 Å². The van der Waals surface area contributed by atoms with Crippen LogP contribution in [-0.2, 0) is 11.3 Å². The third-order valence-electron chi connectivity index (χ3n) is 11.2. The van der Waals surface area contributed by atoms with Crippen molar-refractivity contribution >= 4 is 39.1 Å². The fourth-order valence-electron chi connectivity index (χ4n) is 8.76. The van der Waals surface area contributed by atoms with Crippen LogP contribution in [0, 0.1) is 11.7 Å². The number of aromatic hydroxyl groups is 1. The molecular weight excluding hydrogens is 636 g/mol. The third-order valence-corrected chi connectivity index (χ3v) is 11.6. The van der Waals surface area contributed by atoms with E-state index >= 15 is 4.39 Å². The maximum atomic E-state index is 17.5. The van der Waals surface area contributed by atoms with E-state index in [9.17, 15) is 9.50 Å². The van der Waals surface area contributed by atoms with E-state index < -0.39 is 17.5 Å². The average molecular weight is 676 g/mol. The number of halogens is 3. The second-order valence-electron chi connectivity index (χ2n) is 14.6. The summed E-state index contributed by atoms with van der Waals surface area (Å²) in [4.78, 5) is 14.2. The number of alkyl halides is 1. The van der Waals surface area contributed by atoms with Crippen LogP contribution in [0.5, 0.6) is 11.8 Å². The zero-order valence-corrected chi connectivity index (χ0v) is 27.6. The molecule has 48 heavy (non-hydrogen) atoms. The Kier molecular flexibility index (Phi) is 7.64. The lowest BCUT2D eigenvalue weighted by Gasteiger charge is -2.31. The standard InChI is InChI=1S/C37H40ClF2N5O3/c38-30-4-1-3-22-12-26(46)14-28(31(22)30)32-23(19-47-27-5-6-27)13-29-34(33(32)40)42-36(48-20-37-8-2-9-45(37)17-24(39)15-37)43-35(29)44-10-7-21-11-25(18-44)41-16-21/h1,3-4,12-14,21,24-25,27,41,46H,2,5-11,15-20H2/t21?,24-,25?,37+/m1/s1. The summed E-state index contributed by atoms with van der Waals surface area (Å²) < 4.78 is 44.7. The van der Waals surface area contributed by atoms with E-state index in [1.54, 1.807) is 18.2 Å². The lowest BCUT2D eigenvalue weighted by Crippen LogP contribution is -2.43. The zero-order valence-electron chi connectivity index (χ0n) is 26.9. The van der Waals surface area contributed by atoms with Crippen molar-refractivity contribution in [2.75, 3.05) is 44.2 Å². The van der Waals surface area contributed by atoms with E-state index in [1.807, 2.05) is 18.2 Å². The van der Waals surface area contributed by atoms with Crippen LogP contribution in [0.15, 0.2) is 36.4 Å². The Morgan fingerprint density at radius 1 is 1.10 bits per heavy atom. The Balaban J connectivity index is 1.22. The largest absolute Gasteiger partial charge is 0.508 e. The summed E-state index contributed by atoms with van der Waals surface area (Å²) in [6.07, 6.45) is 5.59. The number of anilines is 1. The number of hydrogen-bond acceptors (Lipinski definition) is 8. The Morgan fingerprint density at radius 3 is 2.88 bits per heavy atom. The van der Waals surface area contributed by atoms with Crippen LogP contribution in [0.25, 0.3) is 32.8 Å². The van der Waals surface area contributed by atoms with Gasteiger partial charge in [-0.25, -0.2) is 8.78 Å². The lowest BCUT2D eigenvalue weighted by molar-refractivity contribution is 0.106. The highest BCUT2D eigenvalue weighted by atomic mass is 35.5. The molecule has 1 aromatic heterocycles. The summed E-state index contributed by atoms with van der Waals surface area (Å²) in [6, 6.07) is 11.0. The fourth-order valence-corrected chi connectivity index (χ4v) is 9.04. The minimum absolute atomic E-state index is 0.0101. The van der Waals surface area contributed by atoms with E-state index in [2.05, 4.69) is 15.1 Å². The Morgan fingerprint density at radius 2 is 2.00 bits per heavy atom. The molecular formula is C37H40ClF2N5O3. The van der Waals surface area contributed by atoms with Crippen molar-refractivity contribution in [3.05, 3.63) is 52.8 Å². The summed E-state index contributed by atoms with van der Waals surface area (Å²) in [7, 11) is 0. The van der Waals surface area contributed by atoms with E-state index in [0.29, 0.717) is 68.6 Å². The number of benzene rings is 3. The molecule has 1 saturated carbocycles. The third kappa shape index (κ3) is 5.45. The number of ether oxygens (including phenoxy) is 2. The van der Waals surface area contributed by atoms with Crippen molar-refractivity contribution < 1.29 is 23.4 Å². The number of rotatable bonds is 8. The van der Waals surface area contributed by atoms with Crippen LogP contribution in [-0.4, -0.2) is 83.2 Å². The maximum Gasteiger partial charge on any atom is 0.319 e. The van der Waals surface area contributed by atoms with Gasteiger partial charge in [0.25, 0.3) is 0 Å². The second kappa shape index (κ2) is 11.9. The van der Waals surface area contributed by atoms with Gasteiger partial charge in [0, 0.05) is 53.5 Å². The van der Waals surface area contributed by atoms with Gasteiger partial charge in [-0.1, -0.05) is 23.7 Å². The van der Waals surface area contributed by atoms with Crippen molar-refractivity contribution in [2.45, 2.75) is 75.4 Å². The Bertz CT molecular complexity index is 1910. The fraction of sp³-hybridized carbons (Fsp3) is 0.514. The molecule has 252 valence electrons. The molecule has 2 unspecified atom stereocenters. The van der Waals surface area contributed by atoms with Crippen LogP contribution >= 0.6 is 11.6 Å². The smallest absolute Gasteiger partial charge is 0.319 e. The first-order chi connectivity index (χ1) is 23.3. The van der Waals surface area contributed by atoms with Crippen molar-refractivity contribution in [1.29, 1.82) is 0 Å². The van der Waals surface area contributed by atoms with Gasteiger partial charge >= 0.3 is 6.01 Å². The van der Waals surface area contributed by atoms with Gasteiger partial charge in [-0.2, -0.15) is 9.97 Å². The summed E-state index contributed by atoms with van der Waals surface area (Å²) in [5.74, 6) is 0.705. The van der Waals surface area contributed by atoms with Gasteiger partial charge in [0.05, 0.1) is 18.2 Å². The molecule has 5 fully saturated rings. The molecule has 9 rings (SSSR count). The molecule has 2 N–H and O–H groups in total. The van der Waals surface area contributed by atoms with Gasteiger partial charge in [0.2, 0.25) is 0 Å². The van der Waals surface area contributed by atoms with Gasteiger partial charge < -0.3 is 24.8 Å². The van der Waals surface area contributed by atoms with Gasteiger partial charge in [-0.05, 0) is 98.3 Å². The number of hydrogen-bond donors (Lipinski definition) is 2. The first kappa shape index (κ1) is 30.7. The van der Waals surface area contributed by atoms with Crippen LogP contribution in [0.2, 0.25) is 5.02 Å². The highest BCUT2D eigenvalue weighted by Crippen LogP contribution is 2.45. The van der Waals surface area contributed by atoms with E-state index in [4.69, 9.17) is 31.0 Å². The topological polar surface area (TPSA) is 83.0 Å². The number of phenols is 1. The van der Waals surface area contributed by atoms with E-state index in [0.717, 1.165) is 64.7 Å². The van der Waals surface area contributed by atoms with E-state index in [-0.39, 0.29) is 36.6 Å². The van der Waals surface area contributed by atoms with Gasteiger partial charge in [0.1, 0.15) is 29.9 Å². The molecule has 4 saturated heterocycles. The average Bonchev–Trinajstić information content (AvgIpc) is 3.60. The molecule has 5 heterocycles. The normalized spacial score (nSPS) is 27.2. The predicted molar refractivity (Wildman–Crippen MR) is 182 cm³/mol. The number of phenolic OH excluding ortho intramolecular Hbond substituents is 1. The number of aromatic nitrogens is 2. The zero-order chi connectivity index (χ0) is 32.6. The molecule has 8 nitrogen and oxygen atoms in total. The molecule has 4 aromatic rings. The molecule has 1 aliphatic carbocycles. The predicted octanol–water partition coefficient (Wildman–Crippen LogP) is 6.77. The number of nitrogens with zero attached hydrogens (tertiary/aromatic N) is 4. The summed E-state index contributed by atoms with van der Waals surface area (Å²) in [5.41, 5.74) is 1.16. The first-order valence-corrected chi connectivity index (χ1v) is 17.8. The van der Waals surface area contributed by atoms with Crippen molar-refractivity contribution in [2.24, 2.45) is 5.92 Å². The second-order valence-corrected chi connectivity index (χ2v) is 15.0. The molecule has 4 atom stereocenters. The molecule has 2 bridgehead atoms. The molecule has 0 amide bonds.